The second-order valence-electron chi connectivity index (χ2n) is 6.04. The monoisotopic (exact) mass is 433 g/mol. The molecular formula is C18H15ClF3NO4S. The zero-order chi connectivity index (χ0) is 20.5. The number of thiophene rings is 1. The summed E-state index contributed by atoms with van der Waals surface area (Å²) in [6, 6.07) is 7.58. The summed E-state index contributed by atoms with van der Waals surface area (Å²) in [6.07, 6.45) is -4.83. The van der Waals surface area contributed by atoms with E-state index in [9.17, 15) is 22.8 Å². The predicted molar refractivity (Wildman–Crippen MR) is 95.7 cm³/mol. The van der Waals surface area contributed by atoms with Gasteiger partial charge in [0.15, 0.2) is 0 Å². The number of nitrogens with zero attached hydrogens (tertiary/aromatic N) is 1. The molecule has 10 heteroatoms. The van der Waals surface area contributed by atoms with E-state index < -0.39 is 23.8 Å². The van der Waals surface area contributed by atoms with E-state index in [1.807, 2.05) is 11.4 Å². The van der Waals surface area contributed by atoms with Crippen molar-refractivity contribution in [2.24, 2.45) is 0 Å². The van der Waals surface area contributed by atoms with Crippen molar-refractivity contribution in [1.82, 2.24) is 4.90 Å². The van der Waals surface area contributed by atoms with Crippen molar-refractivity contribution in [3.8, 4) is 0 Å². The van der Waals surface area contributed by atoms with Crippen LogP contribution in [0, 0.1) is 0 Å². The molecule has 2 aromatic rings. The first-order valence-corrected chi connectivity index (χ1v) is 9.39. The van der Waals surface area contributed by atoms with Crippen LogP contribution in [0.25, 0.3) is 0 Å². The molecule has 150 valence electrons. The molecule has 1 aliphatic heterocycles. The van der Waals surface area contributed by atoms with Gasteiger partial charge in [-0.2, -0.15) is 13.2 Å². The SMILES string of the molecule is COC(=O)[C@@](OC(=O)C(F)(F)F)(c1ccccc1Cl)N1CCc2sccc2C1. The van der Waals surface area contributed by atoms with Gasteiger partial charge in [-0.25, -0.2) is 14.5 Å². The van der Waals surface area contributed by atoms with Crippen LogP contribution in [0.4, 0.5) is 13.2 Å². The van der Waals surface area contributed by atoms with Crippen molar-refractivity contribution in [2.45, 2.75) is 24.9 Å². The zero-order valence-corrected chi connectivity index (χ0v) is 16.2. The van der Waals surface area contributed by atoms with Crippen LogP contribution in [0.3, 0.4) is 0 Å². The van der Waals surface area contributed by atoms with Gasteiger partial charge in [0.25, 0.3) is 5.72 Å². The number of halogens is 4. The van der Waals surface area contributed by atoms with Crippen LogP contribution in [0.2, 0.25) is 5.02 Å². The number of fused-ring (bicyclic) bond motifs is 1. The molecule has 5 nitrogen and oxygen atoms in total. The van der Waals surface area contributed by atoms with Crippen LogP contribution in [0.1, 0.15) is 16.0 Å². The Kier molecular flexibility index (Phi) is 5.69. The van der Waals surface area contributed by atoms with Gasteiger partial charge in [0.2, 0.25) is 0 Å². The van der Waals surface area contributed by atoms with Crippen molar-refractivity contribution in [3.63, 3.8) is 0 Å². The molecule has 28 heavy (non-hydrogen) atoms. The van der Waals surface area contributed by atoms with Crippen molar-refractivity contribution in [2.75, 3.05) is 13.7 Å². The van der Waals surface area contributed by atoms with Gasteiger partial charge >= 0.3 is 18.1 Å². The summed E-state index contributed by atoms with van der Waals surface area (Å²) < 4.78 is 48.8. The van der Waals surface area contributed by atoms with Gasteiger partial charge in [-0.1, -0.05) is 29.8 Å². The number of alkyl halides is 3. The van der Waals surface area contributed by atoms with Gasteiger partial charge in [0, 0.05) is 28.6 Å². The Morgan fingerprint density at radius 1 is 1.18 bits per heavy atom. The minimum absolute atomic E-state index is 0.0287. The third-order valence-electron chi connectivity index (χ3n) is 4.43. The highest BCUT2D eigenvalue weighted by Crippen LogP contribution is 2.41. The second-order valence-corrected chi connectivity index (χ2v) is 7.45. The van der Waals surface area contributed by atoms with Crippen LogP contribution in [0.5, 0.6) is 0 Å². The molecule has 0 saturated heterocycles. The molecule has 0 amide bonds. The lowest BCUT2D eigenvalue weighted by Gasteiger charge is -2.42. The van der Waals surface area contributed by atoms with Gasteiger partial charge in [-0.05, 0) is 29.5 Å². The third kappa shape index (κ3) is 3.61. The van der Waals surface area contributed by atoms with Crippen LogP contribution in [-0.2, 0) is 37.8 Å². The molecule has 1 atom stereocenters. The fourth-order valence-corrected chi connectivity index (χ4v) is 4.31. The molecule has 1 aliphatic rings. The quantitative estimate of drug-likeness (QED) is 0.685. The first-order chi connectivity index (χ1) is 13.2. The molecule has 1 aromatic carbocycles. The summed E-state index contributed by atoms with van der Waals surface area (Å²) in [4.78, 5) is 27.0. The maximum absolute atomic E-state index is 13.0. The highest BCUT2D eigenvalue weighted by molar-refractivity contribution is 7.10. The standard InChI is InChI=1S/C18H15ClF3NO4S/c1-26-15(24)17(27-16(25)18(20,21)22,12-4-2-3-5-13(12)19)23-8-6-14-11(10-23)7-9-28-14/h2-5,7,9H,6,8,10H2,1H3/t17-/m0/s1. The number of carbonyl (C=O) groups excluding carboxylic acids is 2. The Labute approximate surface area is 167 Å². The zero-order valence-electron chi connectivity index (χ0n) is 14.6. The van der Waals surface area contributed by atoms with Crippen LogP contribution >= 0.6 is 22.9 Å². The van der Waals surface area contributed by atoms with E-state index in [2.05, 4.69) is 0 Å². The predicted octanol–water partition coefficient (Wildman–Crippen LogP) is 3.89. The van der Waals surface area contributed by atoms with E-state index in [0.29, 0.717) is 6.42 Å². The van der Waals surface area contributed by atoms with E-state index in [1.165, 1.54) is 34.4 Å². The largest absolute Gasteiger partial charge is 0.491 e. The molecule has 0 unspecified atom stereocenters. The minimum Gasteiger partial charge on any atom is -0.465 e. The van der Waals surface area contributed by atoms with Gasteiger partial charge in [-0.3, -0.25) is 0 Å². The van der Waals surface area contributed by atoms with E-state index in [1.54, 1.807) is 6.07 Å². The first kappa shape index (κ1) is 20.6. The molecule has 0 radical (unpaired) electrons. The summed E-state index contributed by atoms with van der Waals surface area (Å²) in [5, 5.41) is 1.82. The molecule has 0 N–H and O–H groups in total. The Morgan fingerprint density at radius 2 is 1.89 bits per heavy atom. The lowest BCUT2D eigenvalue weighted by atomic mass is 9.96. The molecule has 0 bridgehead atoms. The smallest absolute Gasteiger partial charge is 0.465 e. The highest BCUT2D eigenvalue weighted by atomic mass is 35.5. The molecular weight excluding hydrogens is 419 g/mol. The van der Waals surface area contributed by atoms with Gasteiger partial charge in [-0.15, -0.1) is 11.3 Å². The normalized spacial score (nSPS) is 16.8. The minimum atomic E-state index is -5.30. The Morgan fingerprint density at radius 3 is 2.54 bits per heavy atom. The summed E-state index contributed by atoms with van der Waals surface area (Å²) in [6.45, 7) is 0.253. The number of hydrogen-bond donors (Lipinski definition) is 0. The molecule has 2 heterocycles. The number of carbonyl (C=O) groups is 2. The van der Waals surface area contributed by atoms with Crippen molar-refractivity contribution in [3.05, 3.63) is 56.7 Å². The van der Waals surface area contributed by atoms with Crippen LogP contribution in [-0.4, -0.2) is 36.7 Å². The summed E-state index contributed by atoms with van der Waals surface area (Å²) in [5.74, 6) is -3.68. The molecule has 3 rings (SSSR count). The number of ether oxygens (including phenoxy) is 2. The van der Waals surface area contributed by atoms with Crippen molar-refractivity contribution >= 4 is 34.9 Å². The van der Waals surface area contributed by atoms with Gasteiger partial charge in [0.05, 0.1) is 7.11 Å². The third-order valence-corrected chi connectivity index (χ3v) is 5.78. The number of methoxy groups -OCH3 is 1. The second kappa shape index (κ2) is 7.73. The number of benzene rings is 1. The lowest BCUT2D eigenvalue weighted by molar-refractivity contribution is -0.241. The molecule has 0 aliphatic carbocycles. The van der Waals surface area contributed by atoms with Crippen molar-refractivity contribution < 1.29 is 32.2 Å². The van der Waals surface area contributed by atoms with E-state index >= 15 is 0 Å². The Balaban J connectivity index is 2.17. The summed E-state index contributed by atoms with van der Waals surface area (Å²) >= 11 is 7.71. The van der Waals surface area contributed by atoms with Crippen LogP contribution < -0.4 is 0 Å². The average molecular weight is 434 g/mol. The molecule has 0 spiro atoms. The molecule has 0 fully saturated rings. The topological polar surface area (TPSA) is 55.8 Å². The lowest BCUT2D eigenvalue weighted by Crippen LogP contribution is -2.58. The highest BCUT2D eigenvalue weighted by Gasteiger charge is 2.56. The number of hydrogen-bond acceptors (Lipinski definition) is 6. The van der Waals surface area contributed by atoms with Crippen LogP contribution in [0.15, 0.2) is 35.7 Å². The van der Waals surface area contributed by atoms with E-state index in [0.717, 1.165) is 17.6 Å². The van der Waals surface area contributed by atoms with Gasteiger partial charge in [0.1, 0.15) is 0 Å². The fraction of sp³-hybridized carbons (Fsp3) is 0.333. The molecule has 1 aromatic heterocycles. The van der Waals surface area contributed by atoms with Crippen molar-refractivity contribution in [1.29, 1.82) is 0 Å². The maximum atomic E-state index is 13.0. The summed E-state index contributed by atoms with van der Waals surface area (Å²) in [7, 11) is 1.01. The van der Waals surface area contributed by atoms with Gasteiger partial charge < -0.3 is 9.47 Å². The number of esters is 2. The van der Waals surface area contributed by atoms with E-state index in [4.69, 9.17) is 21.1 Å². The summed E-state index contributed by atoms with van der Waals surface area (Å²) in [5.41, 5.74) is -1.74. The Hall–Kier alpha value is -2.10. The Bertz CT molecular complexity index is 901. The molecule has 0 saturated carbocycles. The fourth-order valence-electron chi connectivity index (χ4n) is 3.15. The average Bonchev–Trinajstić information content (AvgIpc) is 3.13. The number of rotatable bonds is 4. The van der Waals surface area contributed by atoms with E-state index in [-0.39, 0.29) is 23.7 Å². The first-order valence-electron chi connectivity index (χ1n) is 8.14. The maximum Gasteiger partial charge on any atom is 0.491 e.